The van der Waals surface area contributed by atoms with Gasteiger partial charge in [0.25, 0.3) is 0 Å². The lowest BCUT2D eigenvalue weighted by atomic mass is 9.79. The summed E-state index contributed by atoms with van der Waals surface area (Å²) in [4.78, 5) is 37.9. The van der Waals surface area contributed by atoms with E-state index in [-0.39, 0.29) is 30.2 Å². The first-order valence-corrected chi connectivity index (χ1v) is 12.8. The molecule has 2 aromatic rings. The third-order valence-corrected chi connectivity index (χ3v) is 7.02. The zero-order valence-electron chi connectivity index (χ0n) is 22.4. The number of aliphatic hydroxyl groups is 3. The highest BCUT2D eigenvalue weighted by Gasteiger charge is 2.49. The van der Waals surface area contributed by atoms with Gasteiger partial charge in [0, 0.05) is 23.6 Å². The third-order valence-electron chi connectivity index (χ3n) is 7.02. The van der Waals surface area contributed by atoms with E-state index < -0.39 is 43.1 Å². The summed E-state index contributed by atoms with van der Waals surface area (Å²) in [5.74, 6) is -0.927. The fourth-order valence-electron chi connectivity index (χ4n) is 5.22. The quantitative estimate of drug-likeness (QED) is 0.282. The van der Waals surface area contributed by atoms with Crippen LogP contribution in [0.1, 0.15) is 52.1 Å². The molecule has 40 heavy (non-hydrogen) atoms. The molecule has 0 bridgehead atoms. The fraction of sp³-hybridized carbons (Fsp3) is 0.367. The summed E-state index contributed by atoms with van der Waals surface area (Å²) in [5, 5.41) is 41.0. The van der Waals surface area contributed by atoms with Crippen LogP contribution in [0.2, 0.25) is 0 Å². The molecule has 0 saturated carbocycles. The largest absolute Gasteiger partial charge is 0.508 e. The number of benzene rings is 2. The van der Waals surface area contributed by atoms with Gasteiger partial charge in [-0.3, -0.25) is 9.59 Å². The van der Waals surface area contributed by atoms with Crippen LogP contribution in [0.15, 0.2) is 48.1 Å². The summed E-state index contributed by atoms with van der Waals surface area (Å²) in [6.45, 7) is 2.53. The molecule has 1 aliphatic heterocycles. The zero-order chi connectivity index (χ0) is 29.1. The van der Waals surface area contributed by atoms with Crippen molar-refractivity contribution in [3.63, 3.8) is 0 Å². The lowest BCUT2D eigenvalue weighted by Gasteiger charge is -2.43. The smallest absolute Gasteiger partial charge is 0.331 e. The highest BCUT2D eigenvalue weighted by Crippen LogP contribution is 2.44. The molecule has 10 heteroatoms. The molecule has 1 fully saturated rings. The molecule has 0 radical (unpaired) electrons. The number of Topliss-reactive ketones (excluding diaryl/α,β-unsaturated/α-hetero) is 1. The van der Waals surface area contributed by atoms with E-state index in [0.29, 0.717) is 39.1 Å². The lowest BCUT2D eigenvalue weighted by Crippen LogP contribution is -2.56. The Morgan fingerprint density at radius 1 is 1.15 bits per heavy atom. The summed E-state index contributed by atoms with van der Waals surface area (Å²) >= 11 is 0. The number of fused-ring (bicyclic) bond motifs is 1. The monoisotopic (exact) mass is 552 g/mol. The van der Waals surface area contributed by atoms with Crippen LogP contribution < -0.4 is 4.74 Å². The molecule has 4 rings (SSSR count). The summed E-state index contributed by atoms with van der Waals surface area (Å²) in [6.07, 6.45) is -2.87. The maximum Gasteiger partial charge on any atom is 0.331 e. The first-order valence-electron chi connectivity index (χ1n) is 12.8. The van der Waals surface area contributed by atoms with Crippen molar-refractivity contribution < 1.29 is 49.0 Å². The van der Waals surface area contributed by atoms with Crippen LogP contribution in [-0.4, -0.2) is 76.1 Å². The van der Waals surface area contributed by atoms with Crippen LogP contribution in [0.25, 0.3) is 6.08 Å². The minimum Gasteiger partial charge on any atom is -0.508 e. The van der Waals surface area contributed by atoms with Crippen molar-refractivity contribution in [3.05, 3.63) is 75.9 Å². The lowest BCUT2D eigenvalue weighted by molar-refractivity contribution is -0.239. The number of phenols is 1. The molecular weight excluding hydrogens is 520 g/mol. The van der Waals surface area contributed by atoms with E-state index in [0.717, 1.165) is 6.08 Å². The van der Waals surface area contributed by atoms with Crippen LogP contribution >= 0.6 is 0 Å². The van der Waals surface area contributed by atoms with Crippen molar-refractivity contribution in [3.8, 4) is 11.5 Å². The maximum atomic E-state index is 13.2. The van der Waals surface area contributed by atoms with Gasteiger partial charge in [-0.25, -0.2) is 4.79 Å². The number of hydrogen-bond donors (Lipinski definition) is 4. The molecule has 0 amide bonds. The Kier molecular flexibility index (Phi) is 8.85. The predicted octanol–water partition coefficient (Wildman–Crippen LogP) is 2.13. The topological polar surface area (TPSA) is 160 Å². The van der Waals surface area contributed by atoms with E-state index >= 15 is 0 Å². The number of aliphatic hydroxyl groups excluding tert-OH is 3. The van der Waals surface area contributed by atoms with E-state index in [1.807, 2.05) is 0 Å². The number of ether oxygens (including phenoxy) is 3. The number of phenolic OH excluding ortho intramolecular Hbond substituents is 1. The van der Waals surface area contributed by atoms with Gasteiger partial charge in [0.15, 0.2) is 11.9 Å². The number of rotatable bonds is 8. The molecule has 2 aromatic carbocycles. The van der Waals surface area contributed by atoms with Crippen molar-refractivity contribution in [2.24, 2.45) is 0 Å². The first kappa shape index (κ1) is 29.2. The van der Waals surface area contributed by atoms with Crippen LogP contribution in [0, 0.1) is 6.92 Å². The molecule has 5 atom stereocenters. The third kappa shape index (κ3) is 6.00. The second-order valence-corrected chi connectivity index (χ2v) is 9.97. The number of aryl methyl sites for hydroxylation is 1. The number of hydrogen-bond acceptors (Lipinski definition) is 10. The molecule has 1 heterocycles. The van der Waals surface area contributed by atoms with Gasteiger partial charge in [-0.1, -0.05) is 17.7 Å². The number of aromatic hydroxyl groups is 1. The summed E-state index contributed by atoms with van der Waals surface area (Å²) in [7, 11) is 1.42. The van der Waals surface area contributed by atoms with Crippen molar-refractivity contribution >= 4 is 23.6 Å². The van der Waals surface area contributed by atoms with Gasteiger partial charge >= 0.3 is 5.97 Å². The van der Waals surface area contributed by atoms with E-state index in [1.54, 1.807) is 25.1 Å². The van der Waals surface area contributed by atoms with E-state index in [1.165, 1.54) is 38.3 Å². The maximum absolute atomic E-state index is 13.2. The number of methoxy groups -OCH3 is 1. The van der Waals surface area contributed by atoms with Crippen LogP contribution in [-0.2, 0) is 25.5 Å². The van der Waals surface area contributed by atoms with Crippen LogP contribution in [0.4, 0.5) is 0 Å². The average Bonchev–Trinajstić information content (AvgIpc) is 2.90. The molecule has 1 saturated heterocycles. The van der Waals surface area contributed by atoms with Crippen LogP contribution in [0.5, 0.6) is 11.5 Å². The molecular formula is C30H32O10. The summed E-state index contributed by atoms with van der Waals surface area (Å²) < 4.78 is 17.3. The Balaban J connectivity index is 1.77. The number of carbonyl (C=O) groups excluding carboxylic acids is 3. The van der Waals surface area contributed by atoms with Crippen molar-refractivity contribution in [1.29, 1.82) is 0 Å². The van der Waals surface area contributed by atoms with Gasteiger partial charge in [0.05, 0.1) is 13.7 Å². The Bertz CT molecular complexity index is 1360. The summed E-state index contributed by atoms with van der Waals surface area (Å²) in [6, 6.07) is 7.71. The molecule has 212 valence electrons. The fourth-order valence-corrected chi connectivity index (χ4v) is 5.22. The molecule has 4 N–H and O–H groups in total. The average molecular weight is 553 g/mol. The molecule has 1 aliphatic carbocycles. The Labute approximate surface area is 231 Å². The molecule has 10 nitrogen and oxygen atoms in total. The molecule has 0 aromatic heterocycles. The first-order chi connectivity index (χ1) is 19.0. The van der Waals surface area contributed by atoms with Gasteiger partial charge in [-0.05, 0) is 67.3 Å². The normalized spacial score (nSPS) is 24.4. The zero-order valence-corrected chi connectivity index (χ0v) is 22.4. The van der Waals surface area contributed by atoms with Gasteiger partial charge in [-0.2, -0.15) is 0 Å². The Morgan fingerprint density at radius 3 is 2.48 bits per heavy atom. The SMILES string of the molecule is COc1cc(C)c2c(c1[C@@H]1O[C@@H](CO)C(O)[C@@H](O)[C@@H]1OC(=O)/C=C\c1ccc(O)cc1)CC(CC(C)=O)=CC2=O. The Morgan fingerprint density at radius 2 is 1.85 bits per heavy atom. The van der Waals surface area contributed by atoms with Crippen LogP contribution in [0.3, 0.4) is 0 Å². The van der Waals surface area contributed by atoms with Gasteiger partial charge < -0.3 is 34.6 Å². The van der Waals surface area contributed by atoms with E-state index in [4.69, 9.17) is 14.2 Å². The molecule has 1 unspecified atom stereocenters. The standard InChI is InChI=1S/C30H32O10/c1-15-10-22(38-3)26(20-12-18(11-16(2)32)13-21(34)25(15)20)29-30(28(37)27(36)23(14-31)39-29)40-24(35)9-6-17-4-7-19(33)8-5-17/h4-10,13,23,27-31,33,36-37H,11-12,14H2,1-3H3/b9-6-/t23-,27?,28+,29-,30-/m0/s1. The Hall–Kier alpha value is -3.83. The minimum atomic E-state index is -1.66. The second kappa shape index (κ2) is 12.1. The van der Waals surface area contributed by atoms with Gasteiger partial charge in [0.1, 0.15) is 41.7 Å². The van der Waals surface area contributed by atoms with Crippen molar-refractivity contribution in [2.45, 2.75) is 57.2 Å². The van der Waals surface area contributed by atoms with Gasteiger partial charge in [0.2, 0.25) is 0 Å². The van der Waals surface area contributed by atoms with Crippen molar-refractivity contribution in [2.75, 3.05) is 13.7 Å². The molecule has 0 spiro atoms. The number of ketones is 2. The number of esters is 1. The van der Waals surface area contributed by atoms with Gasteiger partial charge in [-0.15, -0.1) is 0 Å². The van der Waals surface area contributed by atoms with Crippen molar-refractivity contribution in [1.82, 2.24) is 0 Å². The molecule has 2 aliphatic rings. The highest BCUT2D eigenvalue weighted by atomic mass is 16.6. The summed E-state index contributed by atoms with van der Waals surface area (Å²) in [5.41, 5.74) is 3.00. The minimum absolute atomic E-state index is 0.0626. The highest BCUT2D eigenvalue weighted by molar-refractivity contribution is 6.09. The van der Waals surface area contributed by atoms with E-state index in [2.05, 4.69) is 0 Å². The van der Waals surface area contributed by atoms with E-state index in [9.17, 15) is 34.8 Å². The second-order valence-electron chi connectivity index (χ2n) is 9.97. The predicted molar refractivity (Wildman–Crippen MR) is 143 cm³/mol. The number of allylic oxidation sites excluding steroid dienone is 2. The number of carbonyl (C=O) groups is 3.